The predicted molar refractivity (Wildman–Crippen MR) is 74.8 cm³/mol. The van der Waals surface area contributed by atoms with Crippen LogP contribution in [0.15, 0.2) is 28.7 Å². The minimum absolute atomic E-state index is 0.617. The molecule has 0 bridgehead atoms. The number of hydrogen-bond acceptors (Lipinski definition) is 1. The van der Waals surface area contributed by atoms with Crippen molar-refractivity contribution in [2.75, 3.05) is 6.54 Å². The van der Waals surface area contributed by atoms with Gasteiger partial charge in [-0.15, -0.1) is 0 Å². The van der Waals surface area contributed by atoms with Gasteiger partial charge in [-0.05, 0) is 43.5 Å². The fourth-order valence-electron chi connectivity index (χ4n) is 1.67. The quantitative estimate of drug-likeness (QED) is 0.741. The Bertz CT molecular complexity index is 279. The third-order valence-electron chi connectivity index (χ3n) is 2.61. The highest BCUT2D eigenvalue weighted by atomic mass is 79.9. The lowest BCUT2D eigenvalue weighted by atomic mass is 10.1. The van der Waals surface area contributed by atoms with Crippen molar-refractivity contribution >= 4 is 15.9 Å². The van der Waals surface area contributed by atoms with E-state index in [0.717, 1.165) is 11.0 Å². The number of halogens is 1. The lowest BCUT2D eigenvalue weighted by molar-refractivity contribution is 0.548. The molecule has 0 saturated heterocycles. The molecule has 0 amide bonds. The van der Waals surface area contributed by atoms with Gasteiger partial charge >= 0.3 is 0 Å². The molecule has 0 aromatic heterocycles. The molecule has 0 saturated carbocycles. The molecule has 1 rings (SSSR count). The van der Waals surface area contributed by atoms with Crippen LogP contribution in [0.2, 0.25) is 0 Å². The number of nitrogens with one attached hydrogen (secondary N) is 1. The molecule has 0 radical (unpaired) electrons. The van der Waals surface area contributed by atoms with Gasteiger partial charge in [0.15, 0.2) is 0 Å². The van der Waals surface area contributed by atoms with Crippen molar-refractivity contribution < 1.29 is 0 Å². The summed E-state index contributed by atoms with van der Waals surface area (Å²) in [7, 11) is 0. The summed E-state index contributed by atoms with van der Waals surface area (Å²) in [5, 5.41) is 3.45. The zero-order valence-corrected chi connectivity index (χ0v) is 11.9. The number of benzene rings is 1. The zero-order chi connectivity index (χ0) is 11.8. The zero-order valence-electron chi connectivity index (χ0n) is 10.3. The van der Waals surface area contributed by atoms with Crippen LogP contribution in [0.1, 0.15) is 38.7 Å². The van der Waals surface area contributed by atoms with Gasteiger partial charge in [-0.25, -0.2) is 0 Å². The molecule has 0 unspecified atom stereocenters. The Labute approximate surface area is 108 Å². The molecule has 0 aliphatic rings. The van der Waals surface area contributed by atoms with E-state index in [-0.39, 0.29) is 0 Å². The van der Waals surface area contributed by atoms with Crippen molar-refractivity contribution in [3.05, 3.63) is 34.3 Å². The smallest absolute Gasteiger partial charge is 0.0175 e. The summed E-state index contributed by atoms with van der Waals surface area (Å²) in [6.07, 6.45) is 5.10. The Hall–Kier alpha value is -0.340. The molecule has 2 heteroatoms. The van der Waals surface area contributed by atoms with Crippen LogP contribution in [-0.4, -0.2) is 12.6 Å². The maximum absolute atomic E-state index is 3.45. The Balaban J connectivity index is 2.05. The van der Waals surface area contributed by atoms with E-state index in [1.807, 2.05) is 0 Å². The van der Waals surface area contributed by atoms with E-state index >= 15 is 0 Å². The fourth-order valence-corrected chi connectivity index (χ4v) is 1.94. The van der Waals surface area contributed by atoms with E-state index in [2.05, 4.69) is 59.4 Å². The van der Waals surface area contributed by atoms with Gasteiger partial charge in [0.25, 0.3) is 0 Å². The van der Waals surface area contributed by atoms with Crippen molar-refractivity contribution in [2.45, 2.75) is 45.6 Å². The third kappa shape index (κ3) is 6.29. The van der Waals surface area contributed by atoms with Gasteiger partial charge in [-0.2, -0.15) is 0 Å². The summed E-state index contributed by atoms with van der Waals surface area (Å²) >= 11 is 3.45. The first kappa shape index (κ1) is 13.7. The maximum atomic E-state index is 3.45. The third-order valence-corrected chi connectivity index (χ3v) is 3.14. The highest BCUT2D eigenvalue weighted by molar-refractivity contribution is 9.10. The van der Waals surface area contributed by atoms with Crippen molar-refractivity contribution in [2.24, 2.45) is 0 Å². The molecule has 90 valence electrons. The first-order chi connectivity index (χ1) is 7.68. The number of unbranched alkanes of at least 4 members (excludes halogenated alkanes) is 2. The number of aryl methyl sites for hydroxylation is 1. The van der Waals surface area contributed by atoms with Gasteiger partial charge in [0.2, 0.25) is 0 Å². The summed E-state index contributed by atoms with van der Waals surface area (Å²) in [5.74, 6) is 0. The SMILES string of the molecule is CC(C)NCCCCCc1ccc(Br)cc1. The van der Waals surface area contributed by atoms with E-state index in [1.54, 1.807) is 0 Å². The molecule has 1 aromatic carbocycles. The van der Waals surface area contributed by atoms with E-state index in [0.29, 0.717) is 6.04 Å². The van der Waals surface area contributed by atoms with E-state index in [9.17, 15) is 0 Å². The largest absolute Gasteiger partial charge is 0.315 e. The Morgan fingerprint density at radius 1 is 1.06 bits per heavy atom. The summed E-state index contributed by atoms with van der Waals surface area (Å²) in [4.78, 5) is 0. The normalized spacial score (nSPS) is 11.0. The molecule has 0 atom stereocenters. The maximum Gasteiger partial charge on any atom is 0.0175 e. The summed E-state index contributed by atoms with van der Waals surface area (Å²) < 4.78 is 1.16. The predicted octanol–water partition coefficient (Wildman–Crippen LogP) is 4.16. The molecule has 0 aliphatic heterocycles. The topological polar surface area (TPSA) is 12.0 Å². The Kier molecular flexibility index (Phi) is 6.74. The molecule has 1 N–H and O–H groups in total. The van der Waals surface area contributed by atoms with Crippen LogP contribution in [0.25, 0.3) is 0 Å². The second-order valence-corrected chi connectivity index (χ2v) is 5.46. The summed E-state index contributed by atoms with van der Waals surface area (Å²) in [6.45, 7) is 5.54. The monoisotopic (exact) mass is 283 g/mol. The van der Waals surface area contributed by atoms with Crippen LogP contribution in [0.5, 0.6) is 0 Å². The van der Waals surface area contributed by atoms with Gasteiger partial charge in [-0.3, -0.25) is 0 Å². The second kappa shape index (κ2) is 7.86. The van der Waals surface area contributed by atoms with E-state index in [4.69, 9.17) is 0 Å². The molecule has 0 fully saturated rings. The van der Waals surface area contributed by atoms with Gasteiger partial charge in [0.05, 0.1) is 0 Å². The van der Waals surface area contributed by atoms with E-state index < -0.39 is 0 Å². The van der Waals surface area contributed by atoms with Crippen LogP contribution in [0.4, 0.5) is 0 Å². The Morgan fingerprint density at radius 2 is 1.75 bits per heavy atom. The first-order valence-electron chi connectivity index (χ1n) is 6.16. The van der Waals surface area contributed by atoms with Crippen molar-refractivity contribution in [1.82, 2.24) is 5.32 Å². The molecule has 1 aromatic rings. The lowest BCUT2D eigenvalue weighted by Gasteiger charge is -2.07. The highest BCUT2D eigenvalue weighted by Gasteiger charge is 1.95. The van der Waals surface area contributed by atoms with Crippen LogP contribution >= 0.6 is 15.9 Å². The van der Waals surface area contributed by atoms with Crippen LogP contribution in [-0.2, 0) is 6.42 Å². The summed E-state index contributed by atoms with van der Waals surface area (Å²) in [5.41, 5.74) is 1.44. The average Bonchev–Trinajstić information content (AvgIpc) is 2.25. The molecule has 0 aliphatic carbocycles. The van der Waals surface area contributed by atoms with Gasteiger partial charge in [0, 0.05) is 10.5 Å². The number of hydrogen-bond donors (Lipinski definition) is 1. The standard InChI is InChI=1S/C14H22BrN/c1-12(2)16-11-5-3-4-6-13-7-9-14(15)10-8-13/h7-10,12,16H,3-6,11H2,1-2H3. The average molecular weight is 284 g/mol. The molecular formula is C14H22BrN. The van der Waals surface area contributed by atoms with Crippen LogP contribution < -0.4 is 5.32 Å². The van der Waals surface area contributed by atoms with Crippen molar-refractivity contribution in [1.29, 1.82) is 0 Å². The number of rotatable bonds is 7. The van der Waals surface area contributed by atoms with Crippen molar-refractivity contribution in [3.63, 3.8) is 0 Å². The van der Waals surface area contributed by atoms with Gasteiger partial charge < -0.3 is 5.32 Å². The molecule has 0 spiro atoms. The molecule has 1 nitrogen and oxygen atoms in total. The van der Waals surface area contributed by atoms with Gasteiger partial charge in [-0.1, -0.05) is 48.3 Å². The van der Waals surface area contributed by atoms with Crippen LogP contribution in [0.3, 0.4) is 0 Å². The molecule has 0 heterocycles. The first-order valence-corrected chi connectivity index (χ1v) is 6.95. The molecule has 16 heavy (non-hydrogen) atoms. The lowest BCUT2D eigenvalue weighted by Crippen LogP contribution is -2.23. The Morgan fingerprint density at radius 3 is 2.38 bits per heavy atom. The second-order valence-electron chi connectivity index (χ2n) is 4.55. The van der Waals surface area contributed by atoms with Gasteiger partial charge in [0.1, 0.15) is 0 Å². The van der Waals surface area contributed by atoms with E-state index in [1.165, 1.54) is 31.2 Å². The fraction of sp³-hybridized carbons (Fsp3) is 0.571. The minimum Gasteiger partial charge on any atom is -0.315 e. The minimum atomic E-state index is 0.617. The van der Waals surface area contributed by atoms with Crippen LogP contribution in [0, 0.1) is 0 Å². The highest BCUT2D eigenvalue weighted by Crippen LogP contribution is 2.12. The van der Waals surface area contributed by atoms with Crippen molar-refractivity contribution in [3.8, 4) is 0 Å². The molecular weight excluding hydrogens is 262 g/mol. The summed E-state index contributed by atoms with van der Waals surface area (Å²) in [6, 6.07) is 9.27.